The van der Waals surface area contributed by atoms with Gasteiger partial charge >= 0.3 is 6.03 Å². The lowest BCUT2D eigenvalue weighted by Gasteiger charge is -2.21. The number of hydrogen-bond donors (Lipinski definition) is 2. The molecule has 0 bridgehead atoms. The number of carbonyl (C=O) groups excluding carboxylic acids is 1. The topological polar surface area (TPSA) is 72.5 Å². The lowest BCUT2D eigenvalue weighted by atomic mass is 10.1. The van der Waals surface area contributed by atoms with Crippen molar-refractivity contribution in [3.8, 4) is 11.5 Å². The normalized spacial score (nSPS) is 14.0. The second-order valence-electron chi connectivity index (χ2n) is 6.03. The number of aromatic nitrogens is 1. The quantitative estimate of drug-likeness (QED) is 0.737. The minimum atomic E-state index is -0.230. The number of thiazole rings is 1. The zero-order valence-corrected chi connectivity index (χ0v) is 15.1. The molecule has 26 heavy (non-hydrogen) atoms. The van der Waals surface area contributed by atoms with E-state index in [9.17, 15) is 4.79 Å². The van der Waals surface area contributed by atoms with Crippen LogP contribution < -0.4 is 20.1 Å². The molecule has 2 heterocycles. The summed E-state index contributed by atoms with van der Waals surface area (Å²) in [7, 11) is 0. The zero-order valence-electron chi connectivity index (χ0n) is 14.3. The van der Waals surface area contributed by atoms with Crippen molar-refractivity contribution in [2.45, 2.75) is 19.5 Å². The van der Waals surface area contributed by atoms with Gasteiger partial charge in [0.1, 0.15) is 18.2 Å². The summed E-state index contributed by atoms with van der Waals surface area (Å²) in [5.74, 6) is 1.46. The van der Waals surface area contributed by atoms with Crippen molar-refractivity contribution in [3.63, 3.8) is 0 Å². The van der Waals surface area contributed by atoms with Crippen LogP contribution in [0.1, 0.15) is 23.5 Å². The Morgan fingerprint density at radius 1 is 1.19 bits per heavy atom. The van der Waals surface area contributed by atoms with Gasteiger partial charge in [-0.25, -0.2) is 9.78 Å². The molecule has 0 aliphatic carbocycles. The summed E-state index contributed by atoms with van der Waals surface area (Å²) in [6, 6.07) is 13.3. The van der Waals surface area contributed by atoms with Gasteiger partial charge in [-0.2, -0.15) is 0 Å². The molecule has 3 aromatic rings. The molecular weight excluding hydrogens is 350 g/mol. The van der Waals surface area contributed by atoms with Gasteiger partial charge in [0.25, 0.3) is 0 Å². The summed E-state index contributed by atoms with van der Waals surface area (Å²) in [5, 5.41) is 6.68. The van der Waals surface area contributed by atoms with Crippen LogP contribution in [0, 0.1) is 0 Å². The number of fused-ring (bicyclic) bond motifs is 2. The van der Waals surface area contributed by atoms with Crippen molar-refractivity contribution in [2.24, 2.45) is 0 Å². The van der Waals surface area contributed by atoms with Crippen molar-refractivity contribution < 1.29 is 14.3 Å². The number of rotatable bonds is 4. The van der Waals surface area contributed by atoms with E-state index in [-0.39, 0.29) is 12.1 Å². The predicted molar refractivity (Wildman–Crippen MR) is 101 cm³/mol. The van der Waals surface area contributed by atoms with E-state index >= 15 is 0 Å². The number of urea groups is 1. The van der Waals surface area contributed by atoms with Gasteiger partial charge in [-0.05, 0) is 36.8 Å². The molecule has 134 valence electrons. The molecule has 4 rings (SSSR count). The third-order valence-corrected chi connectivity index (χ3v) is 5.19. The van der Waals surface area contributed by atoms with Crippen molar-refractivity contribution >= 4 is 27.6 Å². The average molecular weight is 369 g/mol. The van der Waals surface area contributed by atoms with E-state index < -0.39 is 0 Å². The lowest BCUT2D eigenvalue weighted by molar-refractivity contribution is 0.171. The minimum absolute atomic E-state index is 0.152. The Balaban J connectivity index is 1.35. The summed E-state index contributed by atoms with van der Waals surface area (Å²) < 4.78 is 12.2. The fraction of sp³-hybridized carbons (Fsp3) is 0.263. The SMILES string of the molecule is CC(NC(=O)NCc1nc2ccccc2s1)c1ccc2c(c1)OCCO2. The van der Waals surface area contributed by atoms with Gasteiger partial charge in [-0.15, -0.1) is 11.3 Å². The maximum atomic E-state index is 12.2. The molecule has 2 N–H and O–H groups in total. The maximum absolute atomic E-state index is 12.2. The second-order valence-corrected chi connectivity index (χ2v) is 7.14. The van der Waals surface area contributed by atoms with Crippen molar-refractivity contribution in [3.05, 3.63) is 53.0 Å². The molecule has 7 heteroatoms. The van der Waals surface area contributed by atoms with Crippen LogP contribution in [-0.2, 0) is 6.54 Å². The zero-order chi connectivity index (χ0) is 17.9. The highest BCUT2D eigenvalue weighted by Crippen LogP contribution is 2.32. The molecule has 0 fully saturated rings. The van der Waals surface area contributed by atoms with Crippen LogP contribution in [0.3, 0.4) is 0 Å². The van der Waals surface area contributed by atoms with Crippen LogP contribution in [-0.4, -0.2) is 24.2 Å². The Morgan fingerprint density at radius 3 is 2.85 bits per heavy atom. The molecule has 1 aromatic heterocycles. The maximum Gasteiger partial charge on any atom is 0.315 e. The highest BCUT2D eigenvalue weighted by Gasteiger charge is 2.16. The molecular formula is C19H19N3O3S. The van der Waals surface area contributed by atoms with E-state index in [0.29, 0.717) is 19.8 Å². The number of benzene rings is 2. The van der Waals surface area contributed by atoms with Crippen LogP contribution in [0.5, 0.6) is 11.5 Å². The molecule has 0 saturated heterocycles. The van der Waals surface area contributed by atoms with Crippen LogP contribution >= 0.6 is 11.3 Å². The highest BCUT2D eigenvalue weighted by atomic mass is 32.1. The summed E-state index contributed by atoms with van der Waals surface area (Å²) in [6.07, 6.45) is 0. The average Bonchev–Trinajstić information content (AvgIpc) is 3.09. The molecule has 2 aromatic carbocycles. The first-order chi connectivity index (χ1) is 12.7. The summed E-state index contributed by atoms with van der Waals surface area (Å²) in [5.41, 5.74) is 1.92. The van der Waals surface area contributed by atoms with Gasteiger partial charge in [0.2, 0.25) is 0 Å². The third-order valence-electron chi connectivity index (χ3n) is 4.15. The standard InChI is InChI=1S/C19H19N3O3S/c1-12(13-6-7-15-16(10-13)25-9-8-24-15)21-19(23)20-11-18-22-14-4-2-3-5-17(14)26-18/h2-7,10,12H,8-9,11H2,1H3,(H2,20,21,23). The highest BCUT2D eigenvalue weighted by molar-refractivity contribution is 7.18. The van der Waals surface area contributed by atoms with E-state index in [4.69, 9.17) is 9.47 Å². The molecule has 6 nitrogen and oxygen atoms in total. The summed E-state index contributed by atoms with van der Waals surface area (Å²) in [4.78, 5) is 16.7. The fourth-order valence-electron chi connectivity index (χ4n) is 2.81. The smallest absolute Gasteiger partial charge is 0.315 e. The Bertz CT molecular complexity index is 908. The molecule has 2 amide bonds. The number of hydrogen-bond acceptors (Lipinski definition) is 5. The van der Waals surface area contributed by atoms with Gasteiger partial charge in [0.05, 0.1) is 22.8 Å². The Labute approximate surface area is 155 Å². The molecule has 1 atom stereocenters. The Kier molecular flexibility index (Phi) is 4.62. The predicted octanol–water partition coefficient (Wildman–Crippen LogP) is 3.63. The van der Waals surface area contributed by atoms with E-state index in [0.717, 1.165) is 32.3 Å². The van der Waals surface area contributed by atoms with E-state index in [1.807, 2.05) is 49.4 Å². The van der Waals surface area contributed by atoms with Gasteiger partial charge in [0, 0.05) is 0 Å². The molecule has 1 aliphatic heterocycles. The van der Waals surface area contributed by atoms with Gasteiger partial charge in [-0.3, -0.25) is 0 Å². The number of ether oxygens (including phenoxy) is 2. The van der Waals surface area contributed by atoms with Crippen LogP contribution in [0.2, 0.25) is 0 Å². The summed E-state index contributed by atoms with van der Waals surface area (Å²) >= 11 is 1.59. The molecule has 1 aliphatic rings. The van der Waals surface area contributed by atoms with Crippen molar-refractivity contribution in [2.75, 3.05) is 13.2 Å². The molecule has 0 radical (unpaired) electrons. The minimum Gasteiger partial charge on any atom is -0.486 e. The first kappa shape index (κ1) is 16.7. The first-order valence-corrected chi connectivity index (χ1v) is 9.29. The Hall–Kier alpha value is -2.80. The van der Waals surface area contributed by atoms with Crippen LogP contribution in [0.25, 0.3) is 10.2 Å². The van der Waals surface area contributed by atoms with E-state index in [1.165, 1.54) is 0 Å². The van der Waals surface area contributed by atoms with E-state index in [1.54, 1.807) is 11.3 Å². The van der Waals surface area contributed by atoms with Crippen LogP contribution in [0.15, 0.2) is 42.5 Å². The summed E-state index contributed by atoms with van der Waals surface area (Å²) in [6.45, 7) is 3.44. The first-order valence-electron chi connectivity index (χ1n) is 8.47. The third kappa shape index (κ3) is 3.57. The second kappa shape index (κ2) is 7.21. The lowest BCUT2D eigenvalue weighted by Crippen LogP contribution is -2.36. The number of amides is 2. The monoisotopic (exact) mass is 369 g/mol. The molecule has 0 saturated carbocycles. The van der Waals surface area contributed by atoms with Gasteiger partial charge in [-0.1, -0.05) is 18.2 Å². The van der Waals surface area contributed by atoms with Gasteiger partial charge in [0.15, 0.2) is 11.5 Å². The molecule has 1 unspecified atom stereocenters. The number of nitrogens with zero attached hydrogens (tertiary/aromatic N) is 1. The van der Waals surface area contributed by atoms with Crippen LogP contribution in [0.4, 0.5) is 4.79 Å². The largest absolute Gasteiger partial charge is 0.486 e. The molecule has 0 spiro atoms. The number of nitrogens with one attached hydrogen (secondary N) is 2. The van der Waals surface area contributed by atoms with E-state index in [2.05, 4.69) is 15.6 Å². The van der Waals surface area contributed by atoms with Crippen molar-refractivity contribution in [1.29, 1.82) is 0 Å². The van der Waals surface area contributed by atoms with Crippen molar-refractivity contribution in [1.82, 2.24) is 15.6 Å². The number of carbonyl (C=O) groups is 1. The van der Waals surface area contributed by atoms with Gasteiger partial charge < -0.3 is 20.1 Å². The Morgan fingerprint density at radius 2 is 2.00 bits per heavy atom. The fourth-order valence-corrected chi connectivity index (χ4v) is 3.72. The number of para-hydroxylation sites is 1.